The third-order valence-corrected chi connectivity index (χ3v) is 3.07. The molecule has 0 fully saturated rings. The van der Waals surface area contributed by atoms with Gasteiger partial charge in [0.25, 0.3) is 0 Å². The van der Waals surface area contributed by atoms with Crippen LogP contribution in [0.1, 0.15) is 20.3 Å². The third kappa shape index (κ3) is 4.20. The summed E-state index contributed by atoms with van der Waals surface area (Å²) in [6, 6.07) is 0.328. The molecule has 1 unspecified atom stereocenters. The lowest BCUT2D eigenvalue weighted by atomic mass is 10.0. The summed E-state index contributed by atoms with van der Waals surface area (Å²) in [4.78, 5) is 16.3. The van der Waals surface area contributed by atoms with Gasteiger partial charge in [0.2, 0.25) is 12.1 Å². The topological polar surface area (TPSA) is 76.2 Å². The second kappa shape index (κ2) is 6.51. The largest absolute Gasteiger partial charge is 0.406 e. The maximum absolute atomic E-state index is 10.9. The summed E-state index contributed by atoms with van der Waals surface area (Å²) in [7, 11) is 5.79. The van der Waals surface area contributed by atoms with E-state index >= 15 is 0 Å². The summed E-state index contributed by atoms with van der Waals surface area (Å²) in [5, 5.41) is 14.0. The smallest absolute Gasteiger partial charge is 0.363 e. The molecule has 7 nitrogen and oxygen atoms in total. The number of hydrogen-bond donors (Lipinski definition) is 1. The Morgan fingerprint density at radius 3 is 2.63 bits per heavy atom. The monoisotopic (exact) mass is 269 g/mol. The van der Waals surface area contributed by atoms with Gasteiger partial charge in [0.1, 0.15) is 0 Å². The Labute approximate surface area is 113 Å². The summed E-state index contributed by atoms with van der Waals surface area (Å²) >= 11 is 0. The lowest BCUT2D eigenvalue weighted by molar-refractivity contribution is -0.388. The molecule has 0 saturated carbocycles. The van der Waals surface area contributed by atoms with Crippen LogP contribution in [0, 0.1) is 16.0 Å². The van der Waals surface area contributed by atoms with Gasteiger partial charge >= 0.3 is 5.82 Å². The molecule has 19 heavy (non-hydrogen) atoms. The molecule has 0 saturated heterocycles. The van der Waals surface area contributed by atoms with Crippen LogP contribution in [0.3, 0.4) is 0 Å². The van der Waals surface area contributed by atoms with Gasteiger partial charge in [-0.15, -0.1) is 0 Å². The van der Waals surface area contributed by atoms with Crippen molar-refractivity contribution in [1.29, 1.82) is 0 Å². The fourth-order valence-corrected chi connectivity index (χ4v) is 1.99. The lowest BCUT2D eigenvalue weighted by Crippen LogP contribution is -2.36. The maximum Gasteiger partial charge on any atom is 0.406 e. The van der Waals surface area contributed by atoms with E-state index in [4.69, 9.17) is 0 Å². The predicted octanol–water partition coefficient (Wildman–Crippen LogP) is 1.72. The molecule has 0 radical (unpaired) electrons. The number of nitrogens with zero attached hydrogens (tertiary/aromatic N) is 4. The van der Waals surface area contributed by atoms with E-state index in [-0.39, 0.29) is 5.82 Å². The van der Waals surface area contributed by atoms with Crippen LogP contribution >= 0.6 is 0 Å². The molecule has 1 heterocycles. The molecule has 1 N–H and O–H groups in total. The van der Waals surface area contributed by atoms with Crippen LogP contribution < -0.4 is 5.32 Å². The van der Waals surface area contributed by atoms with E-state index in [9.17, 15) is 10.1 Å². The molecule has 0 amide bonds. The van der Waals surface area contributed by atoms with E-state index in [1.165, 1.54) is 6.33 Å². The number of aromatic nitrogens is 2. The van der Waals surface area contributed by atoms with Gasteiger partial charge in [0.15, 0.2) is 0 Å². The highest BCUT2D eigenvalue weighted by Crippen LogP contribution is 2.21. The molecule has 1 rings (SSSR count). The van der Waals surface area contributed by atoms with E-state index in [1.54, 1.807) is 11.6 Å². The van der Waals surface area contributed by atoms with Gasteiger partial charge < -0.3 is 20.3 Å². The van der Waals surface area contributed by atoms with E-state index in [0.29, 0.717) is 24.3 Å². The Bertz CT molecular complexity index is 428. The van der Waals surface area contributed by atoms with Gasteiger partial charge in [-0.25, -0.2) is 0 Å². The highest BCUT2D eigenvalue weighted by Gasteiger charge is 2.21. The van der Waals surface area contributed by atoms with Crippen molar-refractivity contribution in [3.8, 4) is 0 Å². The lowest BCUT2D eigenvalue weighted by Gasteiger charge is -2.26. The first-order valence-corrected chi connectivity index (χ1v) is 6.39. The first-order valence-electron chi connectivity index (χ1n) is 6.39. The van der Waals surface area contributed by atoms with Crippen LogP contribution in [-0.4, -0.2) is 46.1 Å². The number of imidazole rings is 1. The quantitative estimate of drug-likeness (QED) is 0.602. The molecule has 0 aromatic carbocycles. The first-order chi connectivity index (χ1) is 8.82. The molecule has 0 bridgehead atoms. The second-order valence-electron chi connectivity index (χ2n) is 5.41. The molecular formula is C12H23N5O2. The molecule has 0 aliphatic carbocycles. The van der Waals surface area contributed by atoms with Crippen molar-refractivity contribution in [2.45, 2.75) is 26.3 Å². The van der Waals surface area contributed by atoms with Gasteiger partial charge in [0, 0.05) is 19.6 Å². The summed E-state index contributed by atoms with van der Waals surface area (Å²) < 4.78 is 1.64. The molecular weight excluding hydrogens is 246 g/mol. The normalized spacial score (nSPS) is 13.0. The van der Waals surface area contributed by atoms with Crippen LogP contribution in [0.25, 0.3) is 0 Å². The maximum atomic E-state index is 10.9. The highest BCUT2D eigenvalue weighted by molar-refractivity contribution is 5.52. The van der Waals surface area contributed by atoms with Gasteiger partial charge in [-0.05, 0) is 36.3 Å². The number of aryl methyl sites for hydroxylation is 1. The van der Waals surface area contributed by atoms with Crippen molar-refractivity contribution in [2.24, 2.45) is 13.0 Å². The minimum atomic E-state index is -0.463. The van der Waals surface area contributed by atoms with E-state index < -0.39 is 4.92 Å². The van der Waals surface area contributed by atoms with Crippen LogP contribution in [-0.2, 0) is 7.05 Å². The van der Waals surface area contributed by atoms with Gasteiger partial charge in [-0.1, -0.05) is 13.8 Å². The number of hydrogen-bond acceptors (Lipinski definition) is 5. The van der Waals surface area contributed by atoms with Crippen molar-refractivity contribution < 1.29 is 4.92 Å². The van der Waals surface area contributed by atoms with Crippen LogP contribution in [0.5, 0.6) is 0 Å². The molecule has 1 aromatic heterocycles. The van der Waals surface area contributed by atoms with Gasteiger partial charge in [-0.3, -0.25) is 4.57 Å². The summed E-state index contributed by atoms with van der Waals surface area (Å²) in [5.41, 5.74) is 0. The predicted molar refractivity (Wildman–Crippen MR) is 75.3 cm³/mol. The molecule has 1 atom stereocenters. The molecule has 108 valence electrons. The molecule has 0 aliphatic heterocycles. The fraction of sp³-hybridized carbons (Fsp3) is 0.750. The Kier molecular flexibility index (Phi) is 5.29. The number of nitro groups is 1. The SMILES string of the molecule is CC(C)CC(CNc1c([N+](=O)[O-])ncn1C)N(C)C. The average Bonchev–Trinajstić information content (AvgIpc) is 2.65. The average molecular weight is 269 g/mol. The first kappa shape index (κ1) is 15.4. The van der Waals surface area contributed by atoms with Crippen molar-refractivity contribution in [3.63, 3.8) is 0 Å². The Hall–Kier alpha value is -1.63. The van der Waals surface area contributed by atoms with E-state index in [2.05, 4.69) is 29.0 Å². The zero-order valence-corrected chi connectivity index (χ0v) is 12.3. The summed E-state index contributed by atoms with van der Waals surface area (Å²) in [6.45, 7) is 5.00. The van der Waals surface area contributed by atoms with Crippen molar-refractivity contribution in [3.05, 3.63) is 16.4 Å². The molecule has 1 aromatic rings. The standard InChI is InChI=1S/C12H23N5O2/c1-9(2)6-10(15(3)4)7-13-11-12(17(18)19)14-8-16(11)5/h8-10,13H,6-7H2,1-5H3. The van der Waals surface area contributed by atoms with E-state index in [0.717, 1.165) is 6.42 Å². The zero-order chi connectivity index (χ0) is 14.6. The van der Waals surface area contributed by atoms with Crippen molar-refractivity contribution >= 4 is 11.6 Å². The third-order valence-electron chi connectivity index (χ3n) is 3.07. The number of anilines is 1. The van der Waals surface area contributed by atoms with Crippen LogP contribution in [0.4, 0.5) is 11.6 Å². The Morgan fingerprint density at radius 1 is 1.53 bits per heavy atom. The minimum absolute atomic E-state index is 0.121. The van der Waals surface area contributed by atoms with Crippen LogP contribution in [0.15, 0.2) is 6.33 Å². The molecule has 0 aliphatic rings. The van der Waals surface area contributed by atoms with Crippen molar-refractivity contribution in [1.82, 2.24) is 14.5 Å². The number of likely N-dealkylation sites (N-methyl/N-ethyl adjacent to an activating group) is 1. The zero-order valence-electron chi connectivity index (χ0n) is 12.3. The van der Waals surface area contributed by atoms with Gasteiger partial charge in [0.05, 0.1) is 0 Å². The molecule has 0 spiro atoms. The van der Waals surface area contributed by atoms with E-state index in [1.807, 2.05) is 14.1 Å². The Morgan fingerprint density at radius 2 is 2.16 bits per heavy atom. The fourth-order valence-electron chi connectivity index (χ4n) is 1.99. The van der Waals surface area contributed by atoms with Crippen molar-refractivity contribution in [2.75, 3.05) is 26.0 Å². The Balaban J connectivity index is 2.74. The summed E-state index contributed by atoms with van der Waals surface area (Å²) in [6.07, 6.45) is 2.49. The second-order valence-corrected chi connectivity index (χ2v) is 5.41. The number of nitrogens with one attached hydrogen (secondary N) is 1. The highest BCUT2D eigenvalue weighted by atomic mass is 16.6. The summed E-state index contributed by atoms with van der Waals surface area (Å²) in [5.74, 6) is 0.917. The van der Waals surface area contributed by atoms with Gasteiger partial charge in [-0.2, -0.15) is 0 Å². The minimum Gasteiger partial charge on any atom is -0.363 e. The number of rotatable bonds is 7. The molecule has 7 heteroatoms. The van der Waals surface area contributed by atoms with Crippen LogP contribution in [0.2, 0.25) is 0 Å².